The van der Waals surface area contributed by atoms with Crippen molar-refractivity contribution in [3.8, 4) is 0 Å². The van der Waals surface area contributed by atoms with Crippen molar-refractivity contribution in [2.75, 3.05) is 7.11 Å². The van der Waals surface area contributed by atoms with Crippen molar-refractivity contribution in [3.63, 3.8) is 0 Å². The monoisotopic (exact) mass is 246 g/mol. The molecule has 0 aromatic carbocycles. The van der Waals surface area contributed by atoms with Gasteiger partial charge in [0, 0.05) is 23.0 Å². The van der Waals surface area contributed by atoms with E-state index in [0.717, 1.165) is 25.7 Å². The second-order valence-corrected chi connectivity index (χ2v) is 3.94. The smallest absolute Gasteiger partial charge is 0.284 e. The fourth-order valence-electron chi connectivity index (χ4n) is 1.84. The van der Waals surface area contributed by atoms with Gasteiger partial charge in [-0.15, -0.1) is 10.2 Å². The van der Waals surface area contributed by atoms with Crippen LogP contribution in [0.3, 0.4) is 0 Å². The van der Waals surface area contributed by atoms with Crippen LogP contribution in [0.2, 0.25) is 0 Å². The molecule has 1 aromatic heterocycles. The zero-order valence-corrected chi connectivity index (χ0v) is 9.00. The predicted octanol–water partition coefficient (Wildman–Crippen LogP) is 2.25. The second-order valence-electron chi connectivity index (χ2n) is 3.27. The van der Waals surface area contributed by atoms with Gasteiger partial charge in [-0.2, -0.15) is 0 Å². The van der Waals surface area contributed by atoms with Crippen LogP contribution in [0.15, 0.2) is 9.22 Å². The van der Waals surface area contributed by atoms with Gasteiger partial charge in [-0.25, -0.2) is 0 Å². The van der Waals surface area contributed by atoms with Crippen LogP contribution in [0.4, 0.5) is 0 Å². The summed E-state index contributed by atoms with van der Waals surface area (Å²) in [5.41, 5.74) is -0.320. The van der Waals surface area contributed by atoms with E-state index >= 15 is 0 Å². The largest absolute Gasteiger partial charge is 0.412 e. The molecular weight excluding hydrogens is 236 g/mol. The van der Waals surface area contributed by atoms with Gasteiger partial charge in [0.05, 0.1) is 0 Å². The van der Waals surface area contributed by atoms with Crippen molar-refractivity contribution in [3.05, 3.63) is 10.7 Å². The van der Waals surface area contributed by atoms with Crippen LogP contribution in [-0.4, -0.2) is 17.3 Å². The first-order valence-electron chi connectivity index (χ1n) is 4.31. The van der Waals surface area contributed by atoms with Crippen molar-refractivity contribution in [2.45, 2.75) is 31.3 Å². The Morgan fingerprint density at radius 3 is 2.54 bits per heavy atom. The van der Waals surface area contributed by atoms with Crippen LogP contribution in [0.5, 0.6) is 0 Å². The van der Waals surface area contributed by atoms with Gasteiger partial charge >= 0.3 is 0 Å². The number of nitrogens with zero attached hydrogens (tertiary/aromatic N) is 2. The van der Waals surface area contributed by atoms with Crippen LogP contribution < -0.4 is 0 Å². The number of rotatable bonds is 2. The minimum atomic E-state index is -0.320. The van der Waals surface area contributed by atoms with Gasteiger partial charge < -0.3 is 9.15 Å². The Balaban J connectivity index is 2.30. The van der Waals surface area contributed by atoms with Crippen LogP contribution in [0, 0.1) is 0 Å². The maximum atomic E-state index is 5.48. The van der Waals surface area contributed by atoms with E-state index in [0.29, 0.717) is 10.7 Å². The van der Waals surface area contributed by atoms with E-state index in [-0.39, 0.29) is 5.60 Å². The molecule has 5 heteroatoms. The van der Waals surface area contributed by atoms with Gasteiger partial charge in [0.15, 0.2) is 0 Å². The summed E-state index contributed by atoms with van der Waals surface area (Å²) in [5.74, 6) is 0.597. The molecule has 1 aliphatic carbocycles. The van der Waals surface area contributed by atoms with E-state index in [4.69, 9.17) is 9.15 Å². The Hall–Kier alpha value is -0.420. The molecule has 0 radical (unpaired) electrons. The highest BCUT2D eigenvalue weighted by Gasteiger charge is 2.40. The first-order valence-corrected chi connectivity index (χ1v) is 5.11. The summed E-state index contributed by atoms with van der Waals surface area (Å²) >= 11 is 3.14. The Bertz CT molecular complexity index is 294. The topological polar surface area (TPSA) is 48.2 Å². The molecular formula is C8H11BrN2O2. The summed E-state index contributed by atoms with van der Waals surface area (Å²) in [5, 5.41) is 7.73. The number of hydrogen-bond donors (Lipinski definition) is 0. The molecule has 0 spiro atoms. The highest BCUT2D eigenvalue weighted by Crippen LogP contribution is 2.41. The molecule has 0 unspecified atom stereocenters. The summed E-state index contributed by atoms with van der Waals surface area (Å²) in [6, 6.07) is 0. The van der Waals surface area contributed by atoms with Crippen LogP contribution in [0.25, 0.3) is 0 Å². The van der Waals surface area contributed by atoms with E-state index in [1.807, 2.05) is 0 Å². The first kappa shape index (κ1) is 9.15. The average Bonchev–Trinajstić information content (AvgIpc) is 2.73. The molecule has 1 aromatic rings. The normalized spacial score (nSPS) is 20.8. The molecule has 0 bridgehead atoms. The highest BCUT2D eigenvalue weighted by molar-refractivity contribution is 9.10. The Kier molecular flexibility index (Phi) is 2.38. The van der Waals surface area contributed by atoms with Crippen molar-refractivity contribution >= 4 is 15.9 Å². The maximum Gasteiger partial charge on any atom is 0.284 e. The molecule has 13 heavy (non-hydrogen) atoms. The highest BCUT2D eigenvalue weighted by atomic mass is 79.9. The summed E-state index contributed by atoms with van der Waals surface area (Å²) in [6.07, 6.45) is 4.26. The third-order valence-electron chi connectivity index (χ3n) is 2.59. The minimum absolute atomic E-state index is 0.320. The molecule has 0 atom stereocenters. The van der Waals surface area contributed by atoms with E-state index in [9.17, 15) is 0 Å². The SMILES string of the molecule is COC1(c2nnc(Br)o2)CCCC1. The van der Waals surface area contributed by atoms with E-state index < -0.39 is 0 Å². The molecule has 0 N–H and O–H groups in total. The van der Waals surface area contributed by atoms with Crippen LogP contribution in [-0.2, 0) is 10.3 Å². The maximum absolute atomic E-state index is 5.48. The van der Waals surface area contributed by atoms with Crippen molar-refractivity contribution in [1.82, 2.24) is 10.2 Å². The van der Waals surface area contributed by atoms with E-state index in [2.05, 4.69) is 26.1 Å². The molecule has 1 heterocycles. The van der Waals surface area contributed by atoms with E-state index in [1.54, 1.807) is 7.11 Å². The van der Waals surface area contributed by atoms with Gasteiger partial charge in [0.1, 0.15) is 5.60 Å². The molecule has 0 amide bonds. The van der Waals surface area contributed by atoms with Gasteiger partial charge in [0.25, 0.3) is 4.80 Å². The van der Waals surface area contributed by atoms with Gasteiger partial charge in [0.2, 0.25) is 5.89 Å². The van der Waals surface area contributed by atoms with Gasteiger partial charge in [-0.1, -0.05) is 0 Å². The molecule has 4 nitrogen and oxygen atoms in total. The molecule has 1 fully saturated rings. The lowest BCUT2D eigenvalue weighted by atomic mass is 10.0. The predicted molar refractivity (Wildman–Crippen MR) is 49.2 cm³/mol. The summed E-state index contributed by atoms with van der Waals surface area (Å²) < 4.78 is 10.8. The summed E-state index contributed by atoms with van der Waals surface area (Å²) in [7, 11) is 1.70. The quantitative estimate of drug-likeness (QED) is 0.804. The van der Waals surface area contributed by atoms with E-state index in [1.165, 1.54) is 0 Å². The molecule has 0 aliphatic heterocycles. The second kappa shape index (κ2) is 3.38. The lowest BCUT2D eigenvalue weighted by Gasteiger charge is -2.22. The zero-order valence-electron chi connectivity index (χ0n) is 7.42. The fraction of sp³-hybridized carbons (Fsp3) is 0.750. The fourth-order valence-corrected chi connectivity index (χ4v) is 2.07. The third kappa shape index (κ3) is 1.50. The number of aromatic nitrogens is 2. The lowest BCUT2D eigenvalue weighted by Crippen LogP contribution is -2.24. The molecule has 1 saturated carbocycles. The average molecular weight is 247 g/mol. The van der Waals surface area contributed by atoms with Gasteiger partial charge in [-0.05, 0) is 25.7 Å². The zero-order chi connectivity index (χ0) is 9.31. The Morgan fingerprint density at radius 2 is 2.08 bits per heavy atom. The molecule has 72 valence electrons. The molecule has 2 rings (SSSR count). The number of halogens is 1. The van der Waals surface area contributed by atoms with Crippen LogP contribution in [0.1, 0.15) is 31.6 Å². The Labute approximate surface area is 84.8 Å². The number of hydrogen-bond acceptors (Lipinski definition) is 4. The first-order chi connectivity index (χ1) is 6.27. The van der Waals surface area contributed by atoms with Gasteiger partial charge in [-0.3, -0.25) is 0 Å². The standard InChI is InChI=1S/C8H11BrN2O2/c1-12-8(4-2-3-5-8)6-10-11-7(9)13-6/h2-5H2,1H3. The summed E-state index contributed by atoms with van der Waals surface area (Å²) in [6.45, 7) is 0. The minimum Gasteiger partial charge on any atom is -0.412 e. The Morgan fingerprint density at radius 1 is 1.38 bits per heavy atom. The van der Waals surface area contributed by atoms with Crippen molar-refractivity contribution in [1.29, 1.82) is 0 Å². The molecule has 1 aliphatic rings. The van der Waals surface area contributed by atoms with Crippen molar-refractivity contribution < 1.29 is 9.15 Å². The lowest BCUT2D eigenvalue weighted by molar-refractivity contribution is -0.0312. The van der Waals surface area contributed by atoms with Crippen molar-refractivity contribution in [2.24, 2.45) is 0 Å². The summed E-state index contributed by atoms with van der Waals surface area (Å²) in [4.78, 5) is 0.422. The third-order valence-corrected chi connectivity index (χ3v) is 2.91. The number of ether oxygens (including phenoxy) is 1. The van der Waals surface area contributed by atoms with Crippen LogP contribution >= 0.6 is 15.9 Å². The molecule has 0 saturated heterocycles. The number of methoxy groups -OCH3 is 1.